The van der Waals surface area contributed by atoms with Crippen molar-refractivity contribution in [3.05, 3.63) is 84.9 Å². The zero-order valence-electron chi connectivity index (χ0n) is 13.1. The number of nitrogens with zero attached hydrogens (tertiary/aromatic N) is 5. The molecule has 0 atom stereocenters. The highest BCUT2D eigenvalue weighted by Gasteiger charge is 2.13. The van der Waals surface area contributed by atoms with E-state index in [1.165, 1.54) is 0 Å². The van der Waals surface area contributed by atoms with Crippen molar-refractivity contribution in [1.82, 2.24) is 24.8 Å². The average molecular weight is 330 g/mol. The van der Waals surface area contributed by atoms with Gasteiger partial charge in [-0.25, -0.2) is 9.36 Å². The standard InChI is InChI=1S/C18H14N6O/c25-18(16-10-12-23(21-16)14-6-2-1-3-7-14)20-15-8-4-5-9-17(15)24-13-11-19-22-24/h1-13H,(H,20,25). The van der Waals surface area contributed by atoms with Gasteiger partial charge in [-0.2, -0.15) is 5.10 Å². The third-order valence-corrected chi connectivity index (χ3v) is 3.66. The fraction of sp³-hybridized carbons (Fsp3) is 0. The molecule has 0 saturated heterocycles. The summed E-state index contributed by atoms with van der Waals surface area (Å²) < 4.78 is 3.26. The molecular formula is C18H14N6O. The zero-order valence-corrected chi connectivity index (χ0v) is 13.1. The highest BCUT2D eigenvalue weighted by molar-refractivity contribution is 6.03. The molecular weight excluding hydrogens is 316 g/mol. The second-order valence-corrected chi connectivity index (χ2v) is 5.30. The van der Waals surface area contributed by atoms with Crippen LogP contribution in [0.5, 0.6) is 0 Å². The quantitative estimate of drug-likeness (QED) is 0.624. The van der Waals surface area contributed by atoms with Crippen LogP contribution in [0.1, 0.15) is 10.5 Å². The van der Waals surface area contributed by atoms with Crippen LogP contribution in [0.15, 0.2) is 79.3 Å². The second-order valence-electron chi connectivity index (χ2n) is 5.30. The SMILES string of the molecule is O=C(Nc1ccccc1-n1ccnn1)c1ccn(-c2ccccc2)n1. The van der Waals surface area contributed by atoms with Crippen LogP contribution in [0, 0.1) is 0 Å². The van der Waals surface area contributed by atoms with Crippen LogP contribution in [-0.2, 0) is 0 Å². The minimum atomic E-state index is -0.290. The lowest BCUT2D eigenvalue weighted by Crippen LogP contribution is -2.15. The summed E-state index contributed by atoms with van der Waals surface area (Å²) in [5, 5.41) is 15.0. The summed E-state index contributed by atoms with van der Waals surface area (Å²) in [6.45, 7) is 0. The van der Waals surface area contributed by atoms with Gasteiger partial charge in [0, 0.05) is 6.20 Å². The highest BCUT2D eigenvalue weighted by Crippen LogP contribution is 2.19. The van der Waals surface area contributed by atoms with E-state index in [-0.39, 0.29) is 5.91 Å². The lowest BCUT2D eigenvalue weighted by Gasteiger charge is -2.09. The van der Waals surface area contributed by atoms with Crippen molar-refractivity contribution in [2.75, 3.05) is 5.32 Å². The maximum atomic E-state index is 12.5. The number of hydrogen-bond acceptors (Lipinski definition) is 4. The number of carbonyl (C=O) groups excluding carboxylic acids is 1. The van der Waals surface area contributed by atoms with Crippen molar-refractivity contribution in [2.45, 2.75) is 0 Å². The van der Waals surface area contributed by atoms with Crippen LogP contribution >= 0.6 is 0 Å². The summed E-state index contributed by atoms with van der Waals surface area (Å²) in [5.74, 6) is -0.290. The number of carbonyl (C=O) groups is 1. The second kappa shape index (κ2) is 6.40. The summed E-state index contributed by atoms with van der Waals surface area (Å²) in [7, 11) is 0. The molecule has 7 heteroatoms. The van der Waals surface area contributed by atoms with E-state index in [4.69, 9.17) is 0 Å². The Labute approximate surface area is 143 Å². The Hall–Kier alpha value is -3.74. The van der Waals surface area contributed by atoms with Crippen LogP contribution < -0.4 is 5.32 Å². The lowest BCUT2D eigenvalue weighted by molar-refractivity contribution is 0.102. The van der Waals surface area contributed by atoms with Gasteiger partial charge in [0.1, 0.15) is 0 Å². The van der Waals surface area contributed by atoms with Gasteiger partial charge in [0.05, 0.1) is 29.5 Å². The topological polar surface area (TPSA) is 77.6 Å². The van der Waals surface area contributed by atoms with Crippen molar-refractivity contribution in [2.24, 2.45) is 0 Å². The van der Waals surface area contributed by atoms with E-state index in [1.807, 2.05) is 54.6 Å². The molecule has 0 bridgehead atoms. The average Bonchev–Trinajstić information content (AvgIpc) is 3.35. The first-order valence-electron chi connectivity index (χ1n) is 7.69. The number of aromatic nitrogens is 5. The van der Waals surface area contributed by atoms with E-state index in [0.717, 1.165) is 11.4 Å². The molecule has 4 aromatic rings. The van der Waals surface area contributed by atoms with Crippen molar-refractivity contribution < 1.29 is 4.79 Å². The molecule has 1 N–H and O–H groups in total. The van der Waals surface area contributed by atoms with Gasteiger partial charge in [0.25, 0.3) is 5.91 Å². The lowest BCUT2D eigenvalue weighted by atomic mass is 10.2. The Morgan fingerprint density at radius 1 is 0.880 bits per heavy atom. The van der Waals surface area contributed by atoms with Crippen LogP contribution in [0.25, 0.3) is 11.4 Å². The van der Waals surface area contributed by atoms with Gasteiger partial charge in [-0.15, -0.1) is 5.10 Å². The van der Waals surface area contributed by atoms with Gasteiger partial charge in [-0.1, -0.05) is 35.5 Å². The monoisotopic (exact) mass is 330 g/mol. The molecule has 25 heavy (non-hydrogen) atoms. The minimum Gasteiger partial charge on any atom is -0.319 e. The fourth-order valence-corrected chi connectivity index (χ4v) is 2.47. The predicted octanol–water partition coefficient (Wildman–Crippen LogP) is 2.71. The maximum Gasteiger partial charge on any atom is 0.276 e. The molecule has 122 valence electrons. The first kappa shape index (κ1) is 14.8. The number of nitrogens with one attached hydrogen (secondary N) is 1. The number of amides is 1. The van der Waals surface area contributed by atoms with E-state index < -0.39 is 0 Å². The molecule has 0 saturated carbocycles. The van der Waals surface area contributed by atoms with Crippen molar-refractivity contribution in [1.29, 1.82) is 0 Å². The minimum absolute atomic E-state index is 0.290. The van der Waals surface area contributed by atoms with Gasteiger partial charge >= 0.3 is 0 Å². The van der Waals surface area contributed by atoms with Crippen molar-refractivity contribution >= 4 is 11.6 Å². The van der Waals surface area contributed by atoms with Gasteiger partial charge in [0.2, 0.25) is 0 Å². The Morgan fingerprint density at radius 3 is 2.48 bits per heavy atom. The number of anilines is 1. The normalized spacial score (nSPS) is 10.6. The first-order valence-corrected chi connectivity index (χ1v) is 7.69. The van der Waals surface area contributed by atoms with Crippen molar-refractivity contribution in [3.8, 4) is 11.4 Å². The molecule has 0 unspecified atom stereocenters. The Kier molecular flexibility index (Phi) is 3.80. The van der Waals surface area contributed by atoms with E-state index in [2.05, 4.69) is 20.7 Å². The Bertz CT molecular complexity index is 991. The number of para-hydroxylation sites is 3. The molecule has 2 aromatic heterocycles. The Morgan fingerprint density at radius 2 is 1.68 bits per heavy atom. The molecule has 0 spiro atoms. The first-order chi connectivity index (χ1) is 12.3. The largest absolute Gasteiger partial charge is 0.319 e. The molecule has 0 radical (unpaired) electrons. The third-order valence-electron chi connectivity index (χ3n) is 3.66. The molecule has 2 heterocycles. The maximum absolute atomic E-state index is 12.5. The summed E-state index contributed by atoms with van der Waals surface area (Å²) in [6.07, 6.45) is 5.06. The molecule has 4 rings (SSSR count). The molecule has 2 aromatic carbocycles. The van der Waals surface area contributed by atoms with E-state index in [9.17, 15) is 4.79 Å². The summed E-state index contributed by atoms with van der Waals surface area (Å²) >= 11 is 0. The van der Waals surface area contributed by atoms with E-state index >= 15 is 0 Å². The predicted molar refractivity (Wildman–Crippen MR) is 92.9 cm³/mol. The third kappa shape index (κ3) is 3.02. The van der Waals surface area contributed by atoms with Crippen LogP contribution in [0.2, 0.25) is 0 Å². The van der Waals surface area contributed by atoms with Crippen molar-refractivity contribution in [3.63, 3.8) is 0 Å². The number of rotatable bonds is 4. The smallest absolute Gasteiger partial charge is 0.276 e. The van der Waals surface area contributed by atoms with Gasteiger partial charge in [-0.3, -0.25) is 4.79 Å². The summed E-state index contributed by atoms with van der Waals surface area (Å²) in [5.41, 5.74) is 2.59. The molecule has 7 nitrogen and oxygen atoms in total. The zero-order chi connectivity index (χ0) is 17.1. The number of hydrogen-bond donors (Lipinski definition) is 1. The number of benzene rings is 2. The van der Waals surface area contributed by atoms with Crippen LogP contribution in [0.4, 0.5) is 5.69 Å². The molecule has 0 aliphatic carbocycles. The molecule has 0 fully saturated rings. The van der Waals surface area contributed by atoms with Crippen LogP contribution in [0.3, 0.4) is 0 Å². The van der Waals surface area contributed by atoms with Crippen LogP contribution in [-0.4, -0.2) is 30.7 Å². The molecule has 0 aliphatic rings. The molecule has 0 aliphatic heterocycles. The van der Waals surface area contributed by atoms with Gasteiger partial charge in [-0.05, 0) is 30.3 Å². The van der Waals surface area contributed by atoms with E-state index in [1.54, 1.807) is 34.0 Å². The van der Waals surface area contributed by atoms with E-state index in [0.29, 0.717) is 11.4 Å². The van der Waals surface area contributed by atoms with Gasteiger partial charge < -0.3 is 5.32 Å². The Balaban J connectivity index is 1.59. The van der Waals surface area contributed by atoms with Gasteiger partial charge in [0.15, 0.2) is 5.69 Å². The highest BCUT2D eigenvalue weighted by atomic mass is 16.2. The molecule has 1 amide bonds. The summed E-state index contributed by atoms with van der Waals surface area (Å²) in [6, 6.07) is 18.7. The fourth-order valence-electron chi connectivity index (χ4n) is 2.47. The summed E-state index contributed by atoms with van der Waals surface area (Å²) in [4.78, 5) is 12.5.